The first kappa shape index (κ1) is 14.7. The Kier molecular flexibility index (Phi) is 5.90. The lowest BCUT2D eigenvalue weighted by Crippen LogP contribution is -2.00. The number of hydrogen-bond acceptors (Lipinski definition) is 1. The molecule has 1 nitrogen and oxygen atoms in total. The summed E-state index contributed by atoms with van der Waals surface area (Å²) in [6.07, 6.45) is 4.54. The van der Waals surface area contributed by atoms with Crippen molar-refractivity contribution in [2.24, 2.45) is 0 Å². The second-order valence-corrected chi connectivity index (χ2v) is 4.77. The average Bonchev–Trinajstić information content (AvgIpc) is 2.31. The highest BCUT2D eigenvalue weighted by atomic mass is 19.1. The lowest BCUT2D eigenvalue weighted by atomic mass is 9.90. The van der Waals surface area contributed by atoms with Crippen molar-refractivity contribution >= 4 is 0 Å². The fourth-order valence-corrected chi connectivity index (χ4v) is 2.21. The van der Waals surface area contributed by atoms with Crippen LogP contribution in [0.5, 0.6) is 5.75 Å². The van der Waals surface area contributed by atoms with Crippen molar-refractivity contribution in [2.75, 3.05) is 0 Å². The summed E-state index contributed by atoms with van der Waals surface area (Å²) < 4.78 is 18.9. The van der Waals surface area contributed by atoms with Gasteiger partial charge in [-0.15, -0.1) is 0 Å². The molecule has 0 amide bonds. The summed E-state index contributed by atoms with van der Waals surface area (Å²) in [5.74, 6) is 0.965. The van der Waals surface area contributed by atoms with Gasteiger partial charge in [-0.25, -0.2) is 4.39 Å². The molecule has 0 aromatic heterocycles. The van der Waals surface area contributed by atoms with Crippen LogP contribution in [-0.4, -0.2) is 0 Å². The molecule has 100 valence electrons. The Bertz CT molecular complexity index is 392. The third-order valence-electron chi connectivity index (χ3n) is 2.99. The van der Waals surface area contributed by atoms with Gasteiger partial charge in [0.05, 0.1) is 5.76 Å². The number of rotatable bonds is 7. The maximum absolute atomic E-state index is 13.6. The van der Waals surface area contributed by atoms with Gasteiger partial charge in [0, 0.05) is 0 Å². The van der Waals surface area contributed by atoms with Crippen LogP contribution < -0.4 is 4.74 Å². The highest BCUT2D eigenvalue weighted by Crippen LogP contribution is 2.30. The second kappa shape index (κ2) is 7.20. The van der Waals surface area contributed by atoms with Crippen molar-refractivity contribution in [1.29, 1.82) is 0 Å². The molecule has 18 heavy (non-hydrogen) atoms. The van der Waals surface area contributed by atoms with Crippen LogP contribution in [0.3, 0.4) is 0 Å². The predicted octanol–water partition coefficient (Wildman–Crippen LogP) is 5.42. The molecule has 0 N–H and O–H groups in total. The van der Waals surface area contributed by atoms with E-state index >= 15 is 0 Å². The zero-order chi connectivity index (χ0) is 13.5. The maximum Gasteiger partial charge on any atom is 0.165 e. The van der Waals surface area contributed by atoms with Crippen LogP contribution in [0.25, 0.3) is 0 Å². The summed E-state index contributed by atoms with van der Waals surface area (Å²) in [7, 11) is 0. The smallest absolute Gasteiger partial charge is 0.165 e. The van der Waals surface area contributed by atoms with Gasteiger partial charge in [-0.3, -0.25) is 0 Å². The predicted molar refractivity (Wildman–Crippen MR) is 74.4 cm³/mol. The van der Waals surface area contributed by atoms with E-state index in [1.807, 2.05) is 12.1 Å². The molecule has 1 aromatic carbocycles. The molecule has 0 spiro atoms. The minimum atomic E-state index is -0.325. The molecule has 0 saturated carbocycles. The molecule has 1 aromatic rings. The van der Waals surface area contributed by atoms with E-state index in [2.05, 4.69) is 20.4 Å². The third-order valence-corrected chi connectivity index (χ3v) is 2.99. The first-order valence-electron chi connectivity index (χ1n) is 6.71. The number of halogens is 1. The summed E-state index contributed by atoms with van der Waals surface area (Å²) >= 11 is 0. The average molecular weight is 250 g/mol. The molecule has 0 unspecified atom stereocenters. The number of benzene rings is 1. The van der Waals surface area contributed by atoms with Crippen LogP contribution >= 0.6 is 0 Å². The summed E-state index contributed by atoms with van der Waals surface area (Å²) in [6.45, 7) is 9.73. The van der Waals surface area contributed by atoms with E-state index in [0.717, 1.165) is 31.2 Å². The van der Waals surface area contributed by atoms with Crippen molar-refractivity contribution in [3.8, 4) is 5.75 Å². The highest BCUT2D eigenvalue weighted by molar-refractivity contribution is 5.33. The molecular formula is C16H23FO. The molecule has 2 heteroatoms. The van der Waals surface area contributed by atoms with Crippen molar-refractivity contribution in [1.82, 2.24) is 0 Å². The Balaban J connectivity index is 2.96. The van der Waals surface area contributed by atoms with Gasteiger partial charge in [0.15, 0.2) is 11.6 Å². The van der Waals surface area contributed by atoms with E-state index in [-0.39, 0.29) is 11.6 Å². The standard InChI is InChI=1S/C16H23FO/c1-5-7-13(8-6-2)14-9-10-15(17)16(11-14)18-12(3)4/h9-11,13H,3,5-8H2,1-2,4H3. The first-order valence-corrected chi connectivity index (χ1v) is 6.71. The zero-order valence-corrected chi connectivity index (χ0v) is 11.6. The molecule has 0 fully saturated rings. The highest BCUT2D eigenvalue weighted by Gasteiger charge is 2.13. The van der Waals surface area contributed by atoms with Crippen LogP contribution in [0.2, 0.25) is 0 Å². The van der Waals surface area contributed by atoms with E-state index in [0.29, 0.717) is 11.7 Å². The Hall–Kier alpha value is -1.31. The number of allylic oxidation sites excluding steroid dienone is 1. The Morgan fingerprint density at radius 2 is 1.89 bits per heavy atom. The van der Waals surface area contributed by atoms with Gasteiger partial charge in [-0.1, -0.05) is 39.3 Å². The molecular weight excluding hydrogens is 227 g/mol. The molecule has 0 saturated heterocycles. The summed E-state index contributed by atoms with van der Waals surface area (Å²) in [4.78, 5) is 0. The SMILES string of the molecule is C=C(C)Oc1cc(C(CCC)CCC)ccc1F. The fourth-order valence-electron chi connectivity index (χ4n) is 2.21. The maximum atomic E-state index is 13.6. The normalized spacial score (nSPS) is 10.7. The molecule has 0 aliphatic rings. The Morgan fingerprint density at radius 3 is 2.39 bits per heavy atom. The van der Waals surface area contributed by atoms with Gasteiger partial charge >= 0.3 is 0 Å². The van der Waals surface area contributed by atoms with Crippen molar-refractivity contribution in [3.05, 3.63) is 41.9 Å². The second-order valence-electron chi connectivity index (χ2n) is 4.77. The van der Waals surface area contributed by atoms with Crippen LogP contribution in [0, 0.1) is 5.82 Å². The van der Waals surface area contributed by atoms with E-state index < -0.39 is 0 Å². The van der Waals surface area contributed by atoms with E-state index in [1.54, 1.807) is 6.92 Å². The van der Waals surface area contributed by atoms with Crippen LogP contribution in [-0.2, 0) is 0 Å². The van der Waals surface area contributed by atoms with Gasteiger partial charge in [0.25, 0.3) is 0 Å². The van der Waals surface area contributed by atoms with Crippen molar-refractivity contribution in [3.63, 3.8) is 0 Å². The van der Waals surface area contributed by atoms with E-state index in [1.165, 1.54) is 6.07 Å². The van der Waals surface area contributed by atoms with Gasteiger partial charge < -0.3 is 4.74 Å². The molecule has 0 aliphatic heterocycles. The minimum absolute atomic E-state index is 0.289. The summed E-state index contributed by atoms with van der Waals surface area (Å²) in [6, 6.07) is 5.18. The van der Waals surface area contributed by atoms with Crippen LogP contribution in [0.15, 0.2) is 30.5 Å². The Labute approximate surface area is 110 Å². The molecule has 0 heterocycles. The molecule has 0 radical (unpaired) electrons. The largest absolute Gasteiger partial charge is 0.460 e. The van der Waals surface area contributed by atoms with Gasteiger partial charge in [0.1, 0.15) is 0 Å². The lowest BCUT2D eigenvalue weighted by Gasteiger charge is -2.17. The van der Waals surface area contributed by atoms with Crippen molar-refractivity contribution in [2.45, 2.75) is 52.4 Å². The molecule has 0 atom stereocenters. The number of hydrogen-bond donors (Lipinski definition) is 0. The van der Waals surface area contributed by atoms with Gasteiger partial charge in [-0.05, 0) is 43.4 Å². The topological polar surface area (TPSA) is 9.23 Å². The van der Waals surface area contributed by atoms with Crippen LogP contribution in [0.4, 0.5) is 4.39 Å². The fraction of sp³-hybridized carbons (Fsp3) is 0.500. The summed E-state index contributed by atoms with van der Waals surface area (Å²) in [5.41, 5.74) is 1.16. The third kappa shape index (κ3) is 4.17. The van der Waals surface area contributed by atoms with Gasteiger partial charge in [-0.2, -0.15) is 0 Å². The van der Waals surface area contributed by atoms with E-state index in [4.69, 9.17) is 4.74 Å². The van der Waals surface area contributed by atoms with Crippen molar-refractivity contribution < 1.29 is 9.13 Å². The summed E-state index contributed by atoms with van der Waals surface area (Å²) in [5, 5.41) is 0. The number of ether oxygens (including phenoxy) is 1. The van der Waals surface area contributed by atoms with Gasteiger partial charge in [0.2, 0.25) is 0 Å². The lowest BCUT2D eigenvalue weighted by molar-refractivity contribution is 0.398. The molecule has 1 rings (SSSR count). The van der Waals surface area contributed by atoms with E-state index in [9.17, 15) is 4.39 Å². The zero-order valence-electron chi connectivity index (χ0n) is 11.6. The quantitative estimate of drug-likeness (QED) is 0.587. The molecule has 0 aliphatic carbocycles. The molecule has 0 bridgehead atoms. The van der Waals surface area contributed by atoms with Crippen LogP contribution in [0.1, 0.15) is 57.9 Å². The monoisotopic (exact) mass is 250 g/mol. The Morgan fingerprint density at radius 1 is 1.28 bits per heavy atom. The first-order chi connectivity index (χ1) is 8.58. The minimum Gasteiger partial charge on any atom is -0.460 e.